The quantitative estimate of drug-likeness (QED) is 0.650. The highest BCUT2D eigenvalue weighted by Gasteiger charge is 2.07. The third-order valence-corrected chi connectivity index (χ3v) is 2.18. The maximum Gasteiger partial charge on any atom is 0.425 e. The summed E-state index contributed by atoms with van der Waals surface area (Å²) in [6.45, 7) is 3.77. The number of carbonyl (C=O) groups is 2. The number of ether oxygens (including phenoxy) is 1. The van der Waals surface area contributed by atoms with Crippen molar-refractivity contribution in [1.29, 1.82) is 0 Å². The molecule has 1 rings (SSSR count). The van der Waals surface area contributed by atoms with Gasteiger partial charge in [0.05, 0.1) is 7.11 Å². The highest BCUT2D eigenvalue weighted by Crippen LogP contribution is 2.18. The highest BCUT2D eigenvalue weighted by molar-refractivity contribution is 5.91. The molecule has 0 aliphatic carbocycles. The fraction of sp³-hybridized carbons (Fsp3) is 0.273. The van der Waals surface area contributed by atoms with E-state index in [0.29, 0.717) is 0 Å². The van der Waals surface area contributed by atoms with Crippen molar-refractivity contribution in [2.24, 2.45) is 0 Å². The number of aryl methyl sites for hydroxylation is 2. The molecule has 1 aromatic rings. The normalized spacial score (nSPS) is 9.35. The van der Waals surface area contributed by atoms with Crippen LogP contribution in [-0.2, 0) is 4.74 Å². The Balaban J connectivity index is 2.59. The van der Waals surface area contributed by atoms with Crippen molar-refractivity contribution in [2.75, 3.05) is 12.4 Å². The second-order valence-electron chi connectivity index (χ2n) is 3.46. The van der Waals surface area contributed by atoms with Crippen LogP contribution in [0.4, 0.5) is 15.3 Å². The van der Waals surface area contributed by atoms with Crippen LogP contribution in [0, 0.1) is 13.8 Å². The molecule has 17 heavy (non-hydrogen) atoms. The zero-order valence-electron chi connectivity index (χ0n) is 9.96. The average molecular weight is 237 g/mol. The van der Waals surface area contributed by atoms with Crippen molar-refractivity contribution in [3.8, 4) is 0 Å². The van der Waals surface area contributed by atoms with Gasteiger partial charge in [-0.2, -0.15) is 0 Å². The molecule has 92 valence electrons. The smallest absolute Gasteiger partial charge is 0.425 e. The predicted molar refractivity (Wildman–Crippen MR) is 63.6 cm³/mol. The molecule has 3 N–H and O–H groups in total. The topological polar surface area (TPSA) is 79.5 Å². The number of hydrazine groups is 1. The summed E-state index contributed by atoms with van der Waals surface area (Å²) in [6, 6.07) is 5.14. The molecule has 0 aliphatic rings. The Hall–Kier alpha value is -2.24. The summed E-state index contributed by atoms with van der Waals surface area (Å²) in [6.07, 6.45) is -0.735. The van der Waals surface area contributed by atoms with Gasteiger partial charge in [-0.05, 0) is 25.0 Å². The number of hydrogen-bond donors (Lipinski definition) is 3. The van der Waals surface area contributed by atoms with Crippen molar-refractivity contribution in [3.05, 3.63) is 29.3 Å². The van der Waals surface area contributed by atoms with Gasteiger partial charge in [0, 0.05) is 5.69 Å². The van der Waals surface area contributed by atoms with Crippen LogP contribution in [0.15, 0.2) is 18.2 Å². The standard InChI is InChI=1S/C11H15N3O3/c1-7-5-4-6-8(2)9(7)12-10(15)13-14-11(16)17-3/h4-6H,1-3H3,(H,14,16)(H2,12,13,15). The molecule has 0 spiro atoms. The van der Waals surface area contributed by atoms with Crippen LogP contribution >= 0.6 is 0 Å². The lowest BCUT2D eigenvalue weighted by atomic mass is 10.1. The Morgan fingerprint density at radius 3 is 2.24 bits per heavy atom. The van der Waals surface area contributed by atoms with E-state index in [1.165, 1.54) is 7.11 Å². The van der Waals surface area contributed by atoms with Gasteiger partial charge in [0.15, 0.2) is 0 Å². The summed E-state index contributed by atoms with van der Waals surface area (Å²) >= 11 is 0. The predicted octanol–water partition coefficient (Wildman–Crippen LogP) is 1.70. The van der Waals surface area contributed by atoms with Gasteiger partial charge in [-0.3, -0.25) is 0 Å². The van der Waals surface area contributed by atoms with Crippen molar-refractivity contribution < 1.29 is 14.3 Å². The van der Waals surface area contributed by atoms with E-state index in [-0.39, 0.29) is 0 Å². The van der Waals surface area contributed by atoms with Crippen LogP contribution < -0.4 is 16.2 Å². The summed E-state index contributed by atoms with van der Waals surface area (Å²) in [5, 5.41) is 2.64. The van der Waals surface area contributed by atoms with Crippen LogP contribution in [-0.4, -0.2) is 19.2 Å². The van der Waals surface area contributed by atoms with E-state index in [9.17, 15) is 9.59 Å². The number of anilines is 1. The molecule has 0 aliphatic heterocycles. The minimum absolute atomic E-state index is 0.534. The minimum Gasteiger partial charge on any atom is -0.452 e. The number of nitrogens with one attached hydrogen (secondary N) is 3. The first-order chi connectivity index (χ1) is 8.04. The maximum absolute atomic E-state index is 11.4. The summed E-state index contributed by atoms with van der Waals surface area (Å²) in [7, 11) is 1.21. The number of methoxy groups -OCH3 is 1. The summed E-state index contributed by atoms with van der Waals surface area (Å²) in [4.78, 5) is 22.2. The molecule has 0 radical (unpaired) electrons. The SMILES string of the molecule is COC(=O)NNC(=O)Nc1c(C)cccc1C. The van der Waals surface area contributed by atoms with Crippen molar-refractivity contribution in [2.45, 2.75) is 13.8 Å². The fourth-order valence-electron chi connectivity index (χ4n) is 1.32. The van der Waals surface area contributed by atoms with E-state index < -0.39 is 12.1 Å². The Kier molecular flexibility index (Phi) is 4.33. The largest absolute Gasteiger partial charge is 0.452 e. The van der Waals surface area contributed by atoms with E-state index in [0.717, 1.165) is 16.8 Å². The minimum atomic E-state index is -0.735. The van der Waals surface area contributed by atoms with E-state index in [2.05, 4.69) is 20.9 Å². The van der Waals surface area contributed by atoms with Gasteiger partial charge in [-0.1, -0.05) is 18.2 Å². The van der Waals surface area contributed by atoms with E-state index in [1.807, 2.05) is 32.0 Å². The van der Waals surface area contributed by atoms with Gasteiger partial charge in [0.2, 0.25) is 0 Å². The molecule has 0 aromatic heterocycles. The van der Waals surface area contributed by atoms with Crippen molar-refractivity contribution in [3.63, 3.8) is 0 Å². The number of hydrogen-bond acceptors (Lipinski definition) is 3. The Morgan fingerprint density at radius 1 is 1.12 bits per heavy atom. The fourth-order valence-corrected chi connectivity index (χ4v) is 1.32. The van der Waals surface area contributed by atoms with Crippen LogP contribution in [0.25, 0.3) is 0 Å². The first-order valence-corrected chi connectivity index (χ1v) is 5.01. The molecule has 6 nitrogen and oxygen atoms in total. The second-order valence-corrected chi connectivity index (χ2v) is 3.46. The van der Waals surface area contributed by atoms with Gasteiger partial charge in [0.25, 0.3) is 0 Å². The number of rotatable bonds is 1. The Bertz CT molecular complexity index is 412. The molecule has 3 amide bonds. The Morgan fingerprint density at radius 2 is 1.71 bits per heavy atom. The molecular weight excluding hydrogens is 222 g/mol. The highest BCUT2D eigenvalue weighted by atomic mass is 16.5. The lowest BCUT2D eigenvalue weighted by molar-refractivity contribution is 0.166. The lowest BCUT2D eigenvalue weighted by Gasteiger charge is -2.12. The van der Waals surface area contributed by atoms with E-state index >= 15 is 0 Å². The molecule has 0 unspecified atom stereocenters. The average Bonchev–Trinajstić information content (AvgIpc) is 2.31. The molecule has 0 saturated heterocycles. The van der Waals surface area contributed by atoms with Gasteiger partial charge >= 0.3 is 12.1 Å². The maximum atomic E-state index is 11.4. The van der Waals surface area contributed by atoms with Gasteiger partial charge < -0.3 is 10.1 Å². The number of para-hydroxylation sites is 1. The molecule has 0 atom stereocenters. The zero-order valence-corrected chi connectivity index (χ0v) is 9.96. The van der Waals surface area contributed by atoms with Crippen LogP contribution in [0.1, 0.15) is 11.1 Å². The third kappa shape index (κ3) is 3.67. The van der Waals surface area contributed by atoms with Crippen LogP contribution in [0.2, 0.25) is 0 Å². The number of carbonyl (C=O) groups excluding carboxylic acids is 2. The monoisotopic (exact) mass is 237 g/mol. The molecule has 0 fully saturated rings. The van der Waals surface area contributed by atoms with Gasteiger partial charge in [-0.25, -0.2) is 20.4 Å². The van der Waals surface area contributed by atoms with Crippen molar-refractivity contribution in [1.82, 2.24) is 10.9 Å². The summed E-state index contributed by atoms with van der Waals surface area (Å²) < 4.78 is 4.31. The van der Waals surface area contributed by atoms with Gasteiger partial charge in [-0.15, -0.1) is 0 Å². The first-order valence-electron chi connectivity index (χ1n) is 5.01. The van der Waals surface area contributed by atoms with E-state index in [1.54, 1.807) is 0 Å². The molecule has 0 saturated carbocycles. The van der Waals surface area contributed by atoms with E-state index in [4.69, 9.17) is 0 Å². The zero-order chi connectivity index (χ0) is 12.8. The Labute approximate surface area is 99.3 Å². The number of benzene rings is 1. The lowest BCUT2D eigenvalue weighted by Crippen LogP contribution is -2.44. The molecule has 6 heteroatoms. The molecule has 0 heterocycles. The van der Waals surface area contributed by atoms with Crippen LogP contribution in [0.3, 0.4) is 0 Å². The number of urea groups is 1. The first kappa shape index (κ1) is 12.8. The molecular formula is C11H15N3O3. The molecule has 1 aromatic carbocycles. The molecule has 0 bridgehead atoms. The summed E-state index contributed by atoms with van der Waals surface area (Å²) in [5.74, 6) is 0. The van der Waals surface area contributed by atoms with Gasteiger partial charge in [0.1, 0.15) is 0 Å². The van der Waals surface area contributed by atoms with Crippen LogP contribution in [0.5, 0.6) is 0 Å². The second kappa shape index (κ2) is 5.74. The third-order valence-electron chi connectivity index (χ3n) is 2.18. The van der Waals surface area contributed by atoms with Crippen molar-refractivity contribution >= 4 is 17.8 Å². The number of amides is 3. The summed E-state index contributed by atoms with van der Waals surface area (Å²) in [5.41, 5.74) is 6.83.